The average Bonchev–Trinajstić information content (AvgIpc) is 2.29. The van der Waals surface area contributed by atoms with Crippen LogP contribution in [0.15, 0.2) is 12.3 Å². The molecule has 1 atom stereocenters. The molecule has 1 aliphatic rings. The van der Waals surface area contributed by atoms with Crippen LogP contribution >= 0.6 is 11.6 Å². The van der Waals surface area contributed by atoms with E-state index in [0.717, 1.165) is 25.4 Å². The topological polar surface area (TPSA) is 28.2 Å². The molecule has 1 aromatic heterocycles. The molecule has 1 fully saturated rings. The lowest BCUT2D eigenvalue weighted by Crippen LogP contribution is -2.50. The Morgan fingerprint density at radius 1 is 1.50 bits per heavy atom. The lowest BCUT2D eigenvalue weighted by Gasteiger charge is -2.35. The maximum atomic E-state index is 12.5. The number of aromatic nitrogens is 1. The number of nitrogens with zero attached hydrogens (tertiary/aromatic N) is 2. The molecule has 1 saturated heterocycles. The molecule has 2 rings (SSSR count). The van der Waals surface area contributed by atoms with E-state index in [0.29, 0.717) is 12.4 Å². The minimum atomic E-state index is -4.41. The average molecular weight is 280 g/mol. The molecule has 0 aliphatic carbocycles. The van der Waals surface area contributed by atoms with Crippen molar-refractivity contribution in [3.8, 4) is 0 Å². The van der Waals surface area contributed by atoms with Crippen LogP contribution in [0.1, 0.15) is 12.5 Å². The van der Waals surface area contributed by atoms with Crippen LogP contribution in [0.3, 0.4) is 0 Å². The van der Waals surface area contributed by atoms with Gasteiger partial charge in [0.05, 0.1) is 10.6 Å². The molecule has 18 heavy (non-hydrogen) atoms. The molecule has 0 amide bonds. The summed E-state index contributed by atoms with van der Waals surface area (Å²) in [6.45, 7) is 4.18. The number of hydrogen-bond donors (Lipinski definition) is 1. The van der Waals surface area contributed by atoms with Gasteiger partial charge in [0.25, 0.3) is 0 Å². The van der Waals surface area contributed by atoms with Gasteiger partial charge in [0.15, 0.2) is 0 Å². The maximum absolute atomic E-state index is 12.5. The van der Waals surface area contributed by atoms with Crippen molar-refractivity contribution < 1.29 is 13.2 Å². The van der Waals surface area contributed by atoms with Gasteiger partial charge in [-0.3, -0.25) is 0 Å². The van der Waals surface area contributed by atoms with Gasteiger partial charge in [-0.05, 0) is 13.0 Å². The summed E-state index contributed by atoms with van der Waals surface area (Å²) >= 11 is 5.91. The first-order valence-electron chi connectivity index (χ1n) is 5.59. The number of piperazine rings is 1. The first kappa shape index (κ1) is 13.4. The number of hydrogen-bond acceptors (Lipinski definition) is 3. The van der Waals surface area contributed by atoms with Crippen molar-refractivity contribution in [3.05, 3.63) is 22.8 Å². The van der Waals surface area contributed by atoms with Crippen LogP contribution in [-0.2, 0) is 6.18 Å². The molecule has 0 unspecified atom stereocenters. The second-order valence-electron chi connectivity index (χ2n) is 4.27. The third kappa shape index (κ3) is 2.70. The number of pyridine rings is 1. The van der Waals surface area contributed by atoms with E-state index in [4.69, 9.17) is 11.6 Å². The van der Waals surface area contributed by atoms with Gasteiger partial charge in [0, 0.05) is 31.9 Å². The summed E-state index contributed by atoms with van der Waals surface area (Å²) in [6.07, 6.45) is -3.58. The molecular weight excluding hydrogens is 267 g/mol. The van der Waals surface area contributed by atoms with E-state index in [9.17, 15) is 13.2 Å². The standard InChI is InChI=1S/C11H13ClF3N3/c1-7-5-16-2-3-18(7)10-9(12)4-8(6-17-10)11(13,14)15/h4,6-7,16H,2-3,5H2,1H3/t7-/m0/s1. The van der Waals surface area contributed by atoms with Crippen LogP contribution in [0.25, 0.3) is 0 Å². The van der Waals surface area contributed by atoms with E-state index in [-0.39, 0.29) is 11.1 Å². The van der Waals surface area contributed by atoms with E-state index in [1.54, 1.807) is 0 Å². The Kier molecular flexibility index (Phi) is 3.68. The molecule has 0 spiro atoms. The summed E-state index contributed by atoms with van der Waals surface area (Å²) in [5.41, 5.74) is -0.820. The Morgan fingerprint density at radius 2 is 2.22 bits per heavy atom. The van der Waals surface area contributed by atoms with Crippen molar-refractivity contribution in [1.29, 1.82) is 0 Å². The fraction of sp³-hybridized carbons (Fsp3) is 0.545. The predicted octanol–water partition coefficient (Wildman–Crippen LogP) is 2.55. The maximum Gasteiger partial charge on any atom is 0.417 e. The van der Waals surface area contributed by atoms with Crippen LogP contribution in [0.4, 0.5) is 19.0 Å². The summed E-state index contributed by atoms with van der Waals surface area (Å²) in [5, 5.41) is 3.24. The minimum Gasteiger partial charge on any atom is -0.350 e. The smallest absolute Gasteiger partial charge is 0.350 e. The summed E-state index contributed by atoms with van der Waals surface area (Å²) in [4.78, 5) is 5.78. The molecule has 0 aromatic carbocycles. The van der Waals surface area contributed by atoms with Crippen molar-refractivity contribution >= 4 is 17.4 Å². The van der Waals surface area contributed by atoms with Gasteiger partial charge in [-0.2, -0.15) is 13.2 Å². The first-order chi connectivity index (χ1) is 8.39. The molecule has 3 nitrogen and oxygen atoms in total. The van der Waals surface area contributed by atoms with Gasteiger partial charge in [0.2, 0.25) is 0 Å². The Bertz CT molecular complexity index is 436. The zero-order valence-corrected chi connectivity index (χ0v) is 10.5. The number of anilines is 1. The number of rotatable bonds is 1. The Balaban J connectivity index is 2.29. The summed E-state index contributed by atoms with van der Waals surface area (Å²) < 4.78 is 37.5. The van der Waals surface area contributed by atoms with Crippen molar-refractivity contribution in [1.82, 2.24) is 10.3 Å². The third-order valence-corrected chi connectivity index (χ3v) is 3.20. The Labute approximate surface area is 108 Å². The largest absolute Gasteiger partial charge is 0.417 e. The molecule has 0 bridgehead atoms. The molecular formula is C11H13ClF3N3. The van der Waals surface area contributed by atoms with Crippen LogP contribution < -0.4 is 10.2 Å². The second kappa shape index (κ2) is 4.93. The second-order valence-corrected chi connectivity index (χ2v) is 4.68. The monoisotopic (exact) mass is 279 g/mol. The highest BCUT2D eigenvalue weighted by atomic mass is 35.5. The predicted molar refractivity (Wildman–Crippen MR) is 63.9 cm³/mol. The van der Waals surface area contributed by atoms with Crippen molar-refractivity contribution in [2.75, 3.05) is 24.5 Å². The molecule has 0 saturated carbocycles. The van der Waals surface area contributed by atoms with Gasteiger partial charge in [-0.15, -0.1) is 0 Å². The van der Waals surface area contributed by atoms with Gasteiger partial charge in [0.1, 0.15) is 5.82 Å². The highest BCUT2D eigenvalue weighted by Crippen LogP contribution is 2.34. The lowest BCUT2D eigenvalue weighted by molar-refractivity contribution is -0.137. The van der Waals surface area contributed by atoms with E-state index in [2.05, 4.69) is 10.3 Å². The SMILES string of the molecule is C[C@H]1CNCCN1c1ncc(C(F)(F)F)cc1Cl. The summed E-state index contributed by atoms with van der Waals surface area (Å²) in [6, 6.07) is 1.08. The van der Waals surface area contributed by atoms with E-state index in [1.165, 1.54) is 0 Å². The van der Waals surface area contributed by atoms with Gasteiger partial charge in [-0.1, -0.05) is 11.6 Å². The Hall–Kier alpha value is -1.01. The van der Waals surface area contributed by atoms with E-state index < -0.39 is 11.7 Å². The van der Waals surface area contributed by atoms with Gasteiger partial charge in [-0.25, -0.2) is 4.98 Å². The molecule has 100 valence electrons. The van der Waals surface area contributed by atoms with E-state index in [1.807, 2.05) is 11.8 Å². The molecule has 1 aliphatic heterocycles. The zero-order chi connectivity index (χ0) is 13.3. The molecule has 7 heteroatoms. The van der Waals surface area contributed by atoms with Gasteiger partial charge < -0.3 is 10.2 Å². The molecule has 2 heterocycles. The third-order valence-electron chi connectivity index (χ3n) is 2.92. The quantitative estimate of drug-likeness (QED) is 0.856. The summed E-state index contributed by atoms with van der Waals surface area (Å²) in [7, 11) is 0. The van der Waals surface area contributed by atoms with Crippen LogP contribution in [0.5, 0.6) is 0 Å². The van der Waals surface area contributed by atoms with Crippen LogP contribution in [0, 0.1) is 0 Å². The Morgan fingerprint density at radius 3 is 2.78 bits per heavy atom. The number of halogens is 4. The van der Waals surface area contributed by atoms with Crippen LogP contribution in [0.2, 0.25) is 5.02 Å². The van der Waals surface area contributed by atoms with E-state index >= 15 is 0 Å². The van der Waals surface area contributed by atoms with Crippen molar-refractivity contribution in [3.63, 3.8) is 0 Å². The fourth-order valence-electron chi connectivity index (χ4n) is 1.95. The number of nitrogens with one attached hydrogen (secondary N) is 1. The molecule has 1 aromatic rings. The van der Waals surface area contributed by atoms with Crippen molar-refractivity contribution in [2.45, 2.75) is 19.1 Å². The zero-order valence-electron chi connectivity index (χ0n) is 9.76. The molecule has 1 N–H and O–H groups in total. The minimum absolute atomic E-state index is 0.0403. The molecule has 0 radical (unpaired) electrons. The number of alkyl halides is 3. The van der Waals surface area contributed by atoms with Gasteiger partial charge >= 0.3 is 6.18 Å². The normalized spacial score (nSPS) is 21.2. The van der Waals surface area contributed by atoms with Crippen molar-refractivity contribution in [2.24, 2.45) is 0 Å². The van der Waals surface area contributed by atoms with Crippen LogP contribution in [-0.4, -0.2) is 30.7 Å². The lowest BCUT2D eigenvalue weighted by atomic mass is 10.2. The fourth-order valence-corrected chi connectivity index (χ4v) is 2.23. The highest BCUT2D eigenvalue weighted by Gasteiger charge is 2.32. The summed E-state index contributed by atoms with van der Waals surface area (Å²) in [5.74, 6) is 0.415. The highest BCUT2D eigenvalue weighted by molar-refractivity contribution is 6.33. The first-order valence-corrected chi connectivity index (χ1v) is 5.97.